The second-order valence-electron chi connectivity index (χ2n) is 8.30. The van der Waals surface area contributed by atoms with Gasteiger partial charge in [-0.05, 0) is 43.2 Å². The highest BCUT2D eigenvalue weighted by Gasteiger charge is 2.29. The van der Waals surface area contributed by atoms with Crippen LogP contribution < -0.4 is 15.4 Å². The number of ether oxygens (including phenoxy) is 3. The third-order valence-electron chi connectivity index (χ3n) is 5.72. The Bertz CT molecular complexity index is 1240. The molecule has 0 unspecified atom stereocenters. The Morgan fingerprint density at radius 2 is 1.97 bits per heavy atom. The normalized spacial score (nSPS) is 17.5. The van der Waals surface area contributed by atoms with E-state index in [-0.39, 0.29) is 17.9 Å². The first-order valence-corrected chi connectivity index (χ1v) is 11.4. The van der Waals surface area contributed by atoms with E-state index in [1.54, 1.807) is 12.4 Å². The molecule has 174 valence electrons. The SMILES string of the molecule is CNc1ncc(C#Cc2ccc(OC[C@@H]3COCCO3)cc2)c2cc(NC(=O)C3CC3)ncc12. The third kappa shape index (κ3) is 5.28. The summed E-state index contributed by atoms with van der Waals surface area (Å²) in [7, 11) is 1.81. The Morgan fingerprint density at radius 1 is 1.12 bits per heavy atom. The van der Waals surface area contributed by atoms with Crippen molar-refractivity contribution in [1.82, 2.24) is 9.97 Å². The van der Waals surface area contributed by atoms with E-state index in [1.807, 2.05) is 37.4 Å². The van der Waals surface area contributed by atoms with Gasteiger partial charge in [-0.3, -0.25) is 4.79 Å². The van der Waals surface area contributed by atoms with E-state index in [9.17, 15) is 4.79 Å². The highest BCUT2D eigenvalue weighted by Crippen LogP contribution is 2.31. The van der Waals surface area contributed by atoms with Crippen LogP contribution in [0, 0.1) is 17.8 Å². The molecular weight excluding hydrogens is 432 g/mol. The maximum Gasteiger partial charge on any atom is 0.228 e. The standard InChI is InChI=1S/C26H26N4O4/c1-27-25-23-14-28-24(30-26(31)18-6-7-18)12-22(23)19(13-29-25)5-2-17-3-8-20(9-4-17)34-16-21-15-32-10-11-33-21/h3-4,8-9,12-14,18,21H,6-7,10-11,15-16H2,1H3,(H,27,29)(H,28,30,31)/t21-/m0/s1. The first kappa shape index (κ1) is 22.1. The smallest absolute Gasteiger partial charge is 0.228 e. The summed E-state index contributed by atoms with van der Waals surface area (Å²) in [5.41, 5.74) is 1.61. The second kappa shape index (κ2) is 10.1. The van der Waals surface area contributed by atoms with Crippen LogP contribution >= 0.6 is 0 Å². The van der Waals surface area contributed by atoms with Crippen LogP contribution in [0.3, 0.4) is 0 Å². The quantitative estimate of drug-likeness (QED) is 0.548. The van der Waals surface area contributed by atoms with Gasteiger partial charge in [0.15, 0.2) is 0 Å². The highest BCUT2D eigenvalue weighted by molar-refractivity contribution is 5.99. The maximum atomic E-state index is 12.2. The highest BCUT2D eigenvalue weighted by atomic mass is 16.6. The van der Waals surface area contributed by atoms with Crippen LogP contribution in [0.4, 0.5) is 11.6 Å². The van der Waals surface area contributed by atoms with Gasteiger partial charge in [-0.25, -0.2) is 9.97 Å². The molecule has 0 bridgehead atoms. The van der Waals surface area contributed by atoms with E-state index in [1.165, 1.54) is 0 Å². The molecule has 0 spiro atoms. The van der Waals surface area contributed by atoms with Gasteiger partial charge in [0.1, 0.15) is 30.1 Å². The number of amides is 1. The van der Waals surface area contributed by atoms with Crippen LogP contribution in [-0.4, -0.2) is 55.5 Å². The van der Waals surface area contributed by atoms with E-state index in [4.69, 9.17) is 14.2 Å². The summed E-state index contributed by atoms with van der Waals surface area (Å²) in [5, 5.41) is 7.71. The van der Waals surface area contributed by atoms with Crippen molar-refractivity contribution >= 4 is 28.3 Å². The van der Waals surface area contributed by atoms with Gasteiger partial charge in [0.05, 0.1) is 25.4 Å². The number of carbonyl (C=O) groups excluding carboxylic acids is 1. The Labute approximate surface area is 198 Å². The Kier molecular flexibility index (Phi) is 6.56. The van der Waals surface area contributed by atoms with Gasteiger partial charge in [-0.1, -0.05) is 11.8 Å². The topological polar surface area (TPSA) is 94.6 Å². The molecule has 2 fully saturated rings. The van der Waals surface area contributed by atoms with Crippen LogP contribution in [0.5, 0.6) is 5.75 Å². The summed E-state index contributed by atoms with van der Waals surface area (Å²) in [5.74, 6) is 8.53. The number of pyridine rings is 2. The lowest BCUT2D eigenvalue weighted by atomic mass is 10.1. The number of carbonyl (C=O) groups is 1. The molecule has 2 aromatic heterocycles. The van der Waals surface area contributed by atoms with Crippen molar-refractivity contribution in [3.8, 4) is 17.6 Å². The summed E-state index contributed by atoms with van der Waals surface area (Å²) in [6, 6.07) is 9.48. The van der Waals surface area contributed by atoms with Crippen molar-refractivity contribution in [3.05, 3.63) is 53.9 Å². The van der Waals surface area contributed by atoms with Crippen molar-refractivity contribution in [2.45, 2.75) is 18.9 Å². The predicted molar refractivity (Wildman–Crippen MR) is 129 cm³/mol. The molecule has 3 aromatic rings. The van der Waals surface area contributed by atoms with E-state index in [2.05, 4.69) is 32.4 Å². The van der Waals surface area contributed by atoms with Crippen molar-refractivity contribution < 1.29 is 19.0 Å². The van der Waals surface area contributed by atoms with Crippen LogP contribution in [0.2, 0.25) is 0 Å². The van der Waals surface area contributed by atoms with Gasteiger partial charge in [0, 0.05) is 41.7 Å². The van der Waals surface area contributed by atoms with Gasteiger partial charge < -0.3 is 24.8 Å². The number of aromatic nitrogens is 2. The molecule has 1 saturated carbocycles. The average Bonchev–Trinajstić information content (AvgIpc) is 3.73. The number of hydrogen-bond donors (Lipinski definition) is 2. The number of benzene rings is 1. The van der Waals surface area contributed by atoms with Gasteiger partial charge in [-0.15, -0.1) is 0 Å². The largest absolute Gasteiger partial charge is 0.491 e. The molecule has 3 heterocycles. The molecule has 2 aliphatic rings. The van der Waals surface area contributed by atoms with Gasteiger partial charge in [0.2, 0.25) is 5.91 Å². The summed E-state index contributed by atoms with van der Waals surface area (Å²) < 4.78 is 16.8. The van der Waals surface area contributed by atoms with Gasteiger partial charge in [-0.2, -0.15) is 0 Å². The van der Waals surface area contributed by atoms with E-state index in [0.29, 0.717) is 38.1 Å². The van der Waals surface area contributed by atoms with Crippen molar-refractivity contribution in [1.29, 1.82) is 0 Å². The summed E-state index contributed by atoms with van der Waals surface area (Å²) in [4.78, 5) is 21.0. The zero-order chi connectivity index (χ0) is 23.3. The van der Waals surface area contributed by atoms with Crippen molar-refractivity contribution in [2.75, 3.05) is 44.1 Å². The number of anilines is 2. The number of nitrogens with one attached hydrogen (secondary N) is 2. The summed E-state index contributed by atoms with van der Waals surface area (Å²) in [6.07, 6.45) is 5.29. The van der Waals surface area contributed by atoms with Crippen molar-refractivity contribution in [2.24, 2.45) is 5.92 Å². The third-order valence-corrected chi connectivity index (χ3v) is 5.72. The maximum absolute atomic E-state index is 12.2. The average molecular weight is 459 g/mol. The molecule has 1 amide bonds. The fourth-order valence-electron chi connectivity index (χ4n) is 3.67. The Hall–Kier alpha value is -3.67. The fourth-order valence-corrected chi connectivity index (χ4v) is 3.67. The number of hydrogen-bond acceptors (Lipinski definition) is 7. The monoisotopic (exact) mass is 458 g/mol. The fraction of sp³-hybridized carbons (Fsp3) is 0.346. The van der Waals surface area contributed by atoms with Gasteiger partial charge in [0.25, 0.3) is 0 Å². The van der Waals surface area contributed by atoms with Crippen LogP contribution in [0.25, 0.3) is 10.8 Å². The molecule has 1 aliphatic heterocycles. The molecule has 1 atom stereocenters. The summed E-state index contributed by atoms with van der Waals surface area (Å²) >= 11 is 0. The molecule has 5 rings (SSSR count). The molecule has 8 nitrogen and oxygen atoms in total. The van der Waals surface area contributed by atoms with Crippen LogP contribution in [0.1, 0.15) is 24.0 Å². The van der Waals surface area contributed by atoms with Crippen LogP contribution in [0.15, 0.2) is 42.7 Å². The van der Waals surface area contributed by atoms with E-state index in [0.717, 1.165) is 40.5 Å². The zero-order valence-corrected chi connectivity index (χ0v) is 19.0. The lowest BCUT2D eigenvalue weighted by Crippen LogP contribution is -2.33. The Morgan fingerprint density at radius 3 is 2.71 bits per heavy atom. The minimum Gasteiger partial charge on any atom is -0.491 e. The molecule has 1 aromatic carbocycles. The molecular formula is C26H26N4O4. The summed E-state index contributed by atoms with van der Waals surface area (Å²) in [6.45, 7) is 2.25. The number of fused-ring (bicyclic) bond motifs is 1. The van der Waals surface area contributed by atoms with Crippen LogP contribution in [-0.2, 0) is 14.3 Å². The molecule has 8 heteroatoms. The van der Waals surface area contributed by atoms with E-state index >= 15 is 0 Å². The molecule has 2 N–H and O–H groups in total. The first-order chi connectivity index (χ1) is 16.7. The van der Waals surface area contributed by atoms with Crippen molar-refractivity contribution in [3.63, 3.8) is 0 Å². The lowest BCUT2D eigenvalue weighted by Gasteiger charge is -2.22. The Balaban J connectivity index is 1.33. The number of nitrogens with zero attached hydrogens (tertiary/aromatic N) is 2. The molecule has 1 aliphatic carbocycles. The molecule has 0 radical (unpaired) electrons. The lowest BCUT2D eigenvalue weighted by molar-refractivity contribution is -0.117. The van der Waals surface area contributed by atoms with E-state index < -0.39 is 0 Å². The molecule has 34 heavy (non-hydrogen) atoms. The second-order valence-corrected chi connectivity index (χ2v) is 8.30. The zero-order valence-electron chi connectivity index (χ0n) is 19.0. The minimum absolute atomic E-state index is 0.0206. The number of rotatable bonds is 6. The predicted octanol–water partition coefficient (Wildman–Crippen LogP) is 3.21. The molecule has 1 saturated heterocycles. The minimum atomic E-state index is -0.0389. The van der Waals surface area contributed by atoms with Gasteiger partial charge >= 0.3 is 0 Å². The first-order valence-electron chi connectivity index (χ1n) is 11.4.